The average Bonchev–Trinajstić information content (AvgIpc) is 2.90. The first-order valence-electron chi connectivity index (χ1n) is 11.7. The number of nitrogens with zero attached hydrogens (tertiary/aromatic N) is 4. The van der Waals surface area contributed by atoms with Crippen LogP contribution in [-0.2, 0) is 0 Å². The summed E-state index contributed by atoms with van der Waals surface area (Å²) >= 11 is 0. The first kappa shape index (κ1) is 20.1. The highest BCUT2D eigenvalue weighted by molar-refractivity contribution is 5.05. The fourth-order valence-electron chi connectivity index (χ4n) is 6.63. The zero-order valence-corrected chi connectivity index (χ0v) is 18.7. The topological polar surface area (TPSA) is 13.0 Å². The molecule has 4 aliphatic rings. The maximum Gasteiger partial charge on any atom is 0.0337 e. The second-order valence-electron chi connectivity index (χ2n) is 11.0. The summed E-state index contributed by atoms with van der Waals surface area (Å²) in [6.07, 6.45) is 9.84. The van der Waals surface area contributed by atoms with Crippen LogP contribution in [0, 0.1) is 5.41 Å². The standard InChI is InChI=1S/C23H44N4/c1-19(2)26-12-6-8-23(18-26)9-7-21(25(23)5)15-20(3)27-16-22(17-27)10-13-24(4)14-11-22/h19-21H,6-18H2,1-5H3. The van der Waals surface area contributed by atoms with Gasteiger partial charge >= 0.3 is 0 Å². The van der Waals surface area contributed by atoms with Crippen LogP contribution in [0.15, 0.2) is 0 Å². The van der Waals surface area contributed by atoms with E-state index >= 15 is 0 Å². The van der Waals surface area contributed by atoms with E-state index in [9.17, 15) is 0 Å². The smallest absolute Gasteiger partial charge is 0.0337 e. The molecule has 4 rings (SSSR count). The van der Waals surface area contributed by atoms with Crippen molar-refractivity contribution in [3.8, 4) is 0 Å². The molecule has 3 unspecified atom stereocenters. The molecule has 4 heterocycles. The van der Waals surface area contributed by atoms with Crippen molar-refractivity contribution in [2.75, 3.05) is 53.4 Å². The monoisotopic (exact) mass is 376 g/mol. The summed E-state index contributed by atoms with van der Waals surface area (Å²) in [5.41, 5.74) is 1.14. The Bertz CT molecular complexity index is 505. The molecule has 156 valence electrons. The lowest BCUT2D eigenvalue weighted by Crippen LogP contribution is -2.63. The molecule has 0 N–H and O–H groups in total. The second kappa shape index (κ2) is 7.59. The van der Waals surface area contributed by atoms with E-state index in [1.54, 1.807) is 0 Å². The molecule has 4 aliphatic heterocycles. The van der Waals surface area contributed by atoms with Gasteiger partial charge in [-0.1, -0.05) is 0 Å². The maximum atomic E-state index is 2.82. The summed E-state index contributed by atoms with van der Waals surface area (Å²) in [5.74, 6) is 0. The molecule has 4 heteroatoms. The van der Waals surface area contributed by atoms with Crippen molar-refractivity contribution >= 4 is 0 Å². The Hall–Kier alpha value is -0.160. The Balaban J connectivity index is 1.29. The van der Waals surface area contributed by atoms with Crippen LogP contribution in [0.4, 0.5) is 0 Å². The third-order valence-corrected chi connectivity index (χ3v) is 8.92. The Kier molecular flexibility index (Phi) is 5.66. The molecule has 0 aromatic carbocycles. The maximum absolute atomic E-state index is 2.82. The van der Waals surface area contributed by atoms with Gasteiger partial charge in [0.25, 0.3) is 0 Å². The highest BCUT2D eigenvalue weighted by atomic mass is 15.3. The van der Waals surface area contributed by atoms with E-state index in [-0.39, 0.29) is 0 Å². The fraction of sp³-hybridized carbons (Fsp3) is 1.00. The summed E-state index contributed by atoms with van der Waals surface area (Å²) in [6, 6.07) is 2.24. The minimum atomic E-state index is 0.469. The number of hydrogen-bond acceptors (Lipinski definition) is 4. The number of piperidine rings is 2. The van der Waals surface area contributed by atoms with Crippen LogP contribution in [0.25, 0.3) is 0 Å². The normalized spacial score (nSPS) is 37.3. The zero-order valence-electron chi connectivity index (χ0n) is 18.7. The largest absolute Gasteiger partial charge is 0.306 e. The van der Waals surface area contributed by atoms with Gasteiger partial charge in [-0.3, -0.25) is 14.7 Å². The molecule has 0 aliphatic carbocycles. The molecule has 0 saturated carbocycles. The lowest BCUT2D eigenvalue weighted by atomic mass is 9.71. The first-order valence-corrected chi connectivity index (χ1v) is 11.7. The number of likely N-dealkylation sites (tertiary alicyclic amines) is 4. The highest BCUT2D eigenvalue weighted by Gasteiger charge is 2.49. The van der Waals surface area contributed by atoms with E-state index in [1.165, 1.54) is 84.2 Å². The van der Waals surface area contributed by atoms with Crippen LogP contribution < -0.4 is 0 Å². The number of hydrogen-bond donors (Lipinski definition) is 0. The lowest BCUT2D eigenvalue weighted by molar-refractivity contribution is -0.0690. The molecule has 4 fully saturated rings. The zero-order chi connectivity index (χ0) is 19.2. The molecular formula is C23H44N4. The van der Waals surface area contributed by atoms with Gasteiger partial charge < -0.3 is 4.90 Å². The van der Waals surface area contributed by atoms with Gasteiger partial charge in [-0.15, -0.1) is 0 Å². The summed E-state index contributed by atoms with van der Waals surface area (Å²) in [4.78, 5) is 10.9. The quantitative estimate of drug-likeness (QED) is 0.747. The molecule has 4 nitrogen and oxygen atoms in total. The third-order valence-electron chi connectivity index (χ3n) is 8.92. The first-order chi connectivity index (χ1) is 12.8. The van der Waals surface area contributed by atoms with Gasteiger partial charge in [-0.25, -0.2) is 0 Å². The Morgan fingerprint density at radius 2 is 1.56 bits per heavy atom. The molecule has 0 aromatic rings. The SMILES string of the molecule is CC(C)N1CCCC2(CCC(CC(C)N3CC4(CCN(C)CC4)C3)N2C)C1. The van der Waals surface area contributed by atoms with Crippen LogP contribution >= 0.6 is 0 Å². The summed E-state index contributed by atoms with van der Waals surface area (Å²) in [6.45, 7) is 15.2. The van der Waals surface area contributed by atoms with Crippen molar-refractivity contribution in [1.82, 2.24) is 19.6 Å². The Morgan fingerprint density at radius 3 is 2.22 bits per heavy atom. The van der Waals surface area contributed by atoms with Crippen LogP contribution in [0.2, 0.25) is 0 Å². The molecule has 0 radical (unpaired) electrons. The molecule has 3 atom stereocenters. The lowest BCUT2D eigenvalue weighted by Gasteiger charge is -2.56. The van der Waals surface area contributed by atoms with Gasteiger partial charge in [0, 0.05) is 43.3 Å². The number of rotatable bonds is 4. The third kappa shape index (κ3) is 3.84. The van der Waals surface area contributed by atoms with Gasteiger partial charge in [0.1, 0.15) is 0 Å². The molecule has 2 spiro atoms. The molecule has 27 heavy (non-hydrogen) atoms. The molecule has 0 amide bonds. The Morgan fingerprint density at radius 1 is 0.852 bits per heavy atom. The minimum absolute atomic E-state index is 0.469. The molecular weight excluding hydrogens is 332 g/mol. The number of likely N-dealkylation sites (N-methyl/N-ethyl adjacent to an activating group) is 1. The van der Waals surface area contributed by atoms with E-state index in [0.29, 0.717) is 17.0 Å². The van der Waals surface area contributed by atoms with Crippen LogP contribution in [0.3, 0.4) is 0 Å². The average molecular weight is 377 g/mol. The van der Waals surface area contributed by atoms with E-state index in [2.05, 4.69) is 54.5 Å². The van der Waals surface area contributed by atoms with Crippen molar-refractivity contribution in [1.29, 1.82) is 0 Å². The van der Waals surface area contributed by atoms with Crippen LogP contribution in [0.1, 0.15) is 65.7 Å². The molecule has 0 bridgehead atoms. The van der Waals surface area contributed by atoms with E-state index in [4.69, 9.17) is 0 Å². The predicted molar refractivity (Wildman–Crippen MR) is 114 cm³/mol. The van der Waals surface area contributed by atoms with E-state index < -0.39 is 0 Å². The highest BCUT2D eigenvalue weighted by Crippen LogP contribution is 2.44. The Labute approximate surface area is 168 Å². The van der Waals surface area contributed by atoms with E-state index in [0.717, 1.165) is 12.1 Å². The van der Waals surface area contributed by atoms with Crippen molar-refractivity contribution in [3.05, 3.63) is 0 Å². The van der Waals surface area contributed by atoms with Crippen molar-refractivity contribution in [3.63, 3.8) is 0 Å². The van der Waals surface area contributed by atoms with Gasteiger partial charge in [0.15, 0.2) is 0 Å². The molecule has 4 saturated heterocycles. The van der Waals surface area contributed by atoms with Crippen molar-refractivity contribution in [2.45, 2.75) is 89.4 Å². The van der Waals surface area contributed by atoms with Crippen molar-refractivity contribution in [2.24, 2.45) is 5.41 Å². The van der Waals surface area contributed by atoms with Gasteiger partial charge in [-0.2, -0.15) is 0 Å². The van der Waals surface area contributed by atoms with Crippen LogP contribution in [0.5, 0.6) is 0 Å². The summed E-state index contributed by atoms with van der Waals surface area (Å²) in [5, 5.41) is 0. The fourth-order valence-corrected chi connectivity index (χ4v) is 6.63. The summed E-state index contributed by atoms with van der Waals surface area (Å²) in [7, 11) is 4.73. The van der Waals surface area contributed by atoms with Gasteiger partial charge in [-0.05, 0) is 105 Å². The predicted octanol–water partition coefficient (Wildman–Crippen LogP) is 3.13. The second-order valence-corrected chi connectivity index (χ2v) is 11.0. The van der Waals surface area contributed by atoms with Gasteiger partial charge in [0.2, 0.25) is 0 Å². The van der Waals surface area contributed by atoms with E-state index in [1.807, 2.05) is 0 Å². The van der Waals surface area contributed by atoms with Gasteiger partial charge in [0.05, 0.1) is 0 Å². The summed E-state index contributed by atoms with van der Waals surface area (Å²) < 4.78 is 0. The minimum Gasteiger partial charge on any atom is -0.306 e. The molecule has 0 aromatic heterocycles. The van der Waals surface area contributed by atoms with Crippen LogP contribution in [-0.4, -0.2) is 96.6 Å². The van der Waals surface area contributed by atoms with Crippen molar-refractivity contribution < 1.29 is 0 Å².